The molecule has 0 saturated heterocycles. The monoisotopic (exact) mass is 338 g/mol. The van der Waals surface area contributed by atoms with Crippen molar-refractivity contribution in [3.05, 3.63) is 47.1 Å². The minimum atomic E-state index is -3.46. The van der Waals surface area contributed by atoms with Crippen LogP contribution in [0.5, 0.6) is 0 Å². The van der Waals surface area contributed by atoms with Crippen molar-refractivity contribution >= 4 is 35.4 Å². The fourth-order valence-electron chi connectivity index (χ4n) is 2.31. The average molecular weight is 338 g/mol. The number of benzene rings is 1. The number of thioether (sulfide) groups is 1. The minimum absolute atomic E-state index is 0.193. The number of fused-ring (bicyclic) bond motifs is 1. The second-order valence-corrected chi connectivity index (χ2v) is 6.43. The maximum Gasteiger partial charge on any atom is 0.313 e. The Morgan fingerprint density at radius 1 is 1.52 bits per heavy atom. The molecule has 0 fully saturated rings. The maximum atomic E-state index is 14.4. The van der Waals surface area contributed by atoms with E-state index in [1.165, 1.54) is 13.1 Å². The first-order valence-electron chi connectivity index (χ1n) is 6.82. The highest BCUT2D eigenvalue weighted by Crippen LogP contribution is 2.43. The predicted octanol–water partition coefficient (Wildman–Crippen LogP) is 4.30. The lowest BCUT2D eigenvalue weighted by Crippen LogP contribution is -2.33. The van der Waals surface area contributed by atoms with Crippen LogP contribution in [0.25, 0.3) is 10.9 Å². The molecule has 0 aliphatic carbocycles. The van der Waals surface area contributed by atoms with Crippen molar-refractivity contribution in [3.63, 3.8) is 0 Å². The quantitative estimate of drug-likeness (QED) is 0.740. The molecule has 0 saturated carbocycles. The summed E-state index contributed by atoms with van der Waals surface area (Å²) in [7, 11) is 0. The van der Waals surface area contributed by atoms with Gasteiger partial charge >= 0.3 is 11.2 Å². The third-order valence-electron chi connectivity index (χ3n) is 3.37. The summed E-state index contributed by atoms with van der Waals surface area (Å²) in [6.45, 7) is 4.64. The first-order valence-corrected chi connectivity index (χ1v) is 7.64. The highest BCUT2D eigenvalue weighted by Gasteiger charge is 2.45. The van der Waals surface area contributed by atoms with Gasteiger partial charge in [-0.3, -0.25) is 9.79 Å². The number of allylic oxidation sites excluding steroid dienone is 1. The summed E-state index contributed by atoms with van der Waals surface area (Å²) in [5.74, 6) is -3.38. The van der Waals surface area contributed by atoms with E-state index in [1.807, 2.05) is 12.1 Å². The predicted molar refractivity (Wildman–Crippen MR) is 89.0 cm³/mol. The van der Waals surface area contributed by atoms with Gasteiger partial charge < -0.3 is 10.1 Å². The van der Waals surface area contributed by atoms with Gasteiger partial charge in [0, 0.05) is 28.2 Å². The lowest BCUT2D eigenvalue weighted by molar-refractivity contribution is -0.148. The zero-order valence-electron chi connectivity index (χ0n) is 12.4. The molecule has 0 bridgehead atoms. The van der Waals surface area contributed by atoms with Crippen LogP contribution in [-0.4, -0.2) is 28.0 Å². The van der Waals surface area contributed by atoms with Gasteiger partial charge in [0.05, 0.1) is 0 Å². The molecule has 0 radical (unpaired) electrons. The number of aliphatic carboxylic acids is 1. The lowest BCUT2D eigenvalue weighted by atomic mass is 9.99. The van der Waals surface area contributed by atoms with Gasteiger partial charge in [0.25, 0.3) is 0 Å². The number of nitrogens with zero attached hydrogens (tertiary/aromatic N) is 1. The van der Waals surface area contributed by atoms with Crippen LogP contribution >= 0.6 is 11.8 Å². The van der Waals surface area contributed by atoms with Crippen LogP contribution in [-0.2, 0) is 11.2 Å². The molecule has 1 aromatic heterocycles. The first-order chi connectivity index (χ1) is 10.8. The van der Waals surface area contributed by atoms with Crippen LogP contribution in [0.4, 0.5) is 8.78 Å². The van der Waals surface area contributed by atoms with E-state index in [0.717, 1.165) is 10.9 Å². The van der Waals surface area contributed by atoms with Crippen molar-refractivity contribution < 1.29 is 18.7 Å². The summed E-state index contributed by atoms with van der Waals surface area (Å²) >= 11 is 0.193. The van der Waals surface area contributed by atoms with E-state index in [4.69, 9.17) is 0 Å². The number of rotatable bonds is 7. The van der Waals surface area contributed by atoms with E-state index < -0.39 is 17.1 Å². The smallest absolute Gasteiger partial charge is 0.313 e. The van der Waals surface area contributed by atoms with Gasteiger partial charge in [0.15, 0.2) is 0 Å². The number of aromatic nitrogens is 1. The number of hydrogen-bond donors (Lipinski definition) is 2. The Bertz CT molecular complexity index is 755. The average Bonchev–Trinajstić information content (AvgIpc) is 2.87. The number of halogens is 2. The fraction of sp³-hybridized carbons (Fsp3) is 0.250. The van der Waals surface area contributed by atoms with Crippen molar-refractivity contribution in [3.8, 4) is 0 Å². The summed E-state index contributed by atoms with van der Waals surface area (Å²) in [4.78, 5) is 18.0. The molecule has 7 heteroatoms. The summed E-state index contributed by atoms with van der Waals surface area (Å²) in [6, 6.07) is 7.19. The third kappa shape index (κ3) is 3.98. The van der Waals surface area contributed by atoms with Gasteiger partial charge in [-0.05, 0) is 31.7 Å². The van der Waals surface area contributed by atoms with Crippen molar-refractivity contribution in [2.45, 2.75) is 18.6 Å². The number of aliphatic imine (C=N–C) groups is 1. The first kappa shape index (κ1) is 17.2. The standard InChI is InChI=1S/C16H16F2N2O2S/c1-10(8-19-2)23-16(17,18)13(15(21)22)7-11-9-20-14-6-4-3-5-12(11)14/h3-6,8-9,13,20H,2,7H2,1H3,(H,21,22)/b10-8-. The number of nitrogens with one attached hydrogen (secondary N) is 1. The number of carboxylic acid groups (broad SMARTS) is 1. The molecule has 2 rings (SSSR count). The Hall–Kier alpha value is -2.15. The number of hydrogen-bond acceptors (Lipinski definition) is 3. The highest BCUT2D eigenvalue weighted by molar-refractivity contribution is 8.04. The number of H-pyrrole nitrogens is 1. The van der Waals surface area contributed by atoms with Gasteiger partial charge in [0.2, 0.25) is 0 Å². The third-order valence-corrected chi connectivity index (χ3v) is 4.36. The van der Waals surface area contributed by atoms with Crippen LogP contribution in [0, 0.1) is 5.92 Å². The van der Waals surface area contributed by atoms with E-state index in [2.05, 4.69) is 16.7 Å². The van der Waals surface area contributed by atoms with Crippen LogP contribution in [0.15, 0.2) is 46.6 Å². The van der Waals surface area contributed by atoms with Crippen molar-refractivity contribution in [1.82, 2.24) is 4.98 Å². The maximum absolute atomic E-state index is 14.4. The van der Waals surface area contributed by atoms with Gasteiger partial charge in [-0.25, -0.2) is 0 Å². The van der Waals surface area contributed by atoms with E-state index in [0.29, 0.717) is 5.56 Å². The molecule has 2 aromatic rings. The zero-order valence-corrected chi connectivity index (χ0v) is 13.2. The molecule has 0 aliphatic heterocycles. The van der Waals surface area contributed by atoms with E-state index >= 15 is 0 Å². The Kier molecular flexibility index (Phi) is 5.20. The number of para-hydroxylation sites is 1. The lowest BCUT2D eigenvalue weighted by Gasteiger charge is -2.23. The molecule has 1 aromatic carbocycles. The highest BCUT2D eigenvalue weighted by atomic mass is 32.2. The normalized spacial score (nSPS) is 14.0. The molecule has 4 nitrogen and oxygen atoms in total. The minimum Gasteiger partial charge on any atom is -0.481 e. The van der Waals surface area contributed by atoms with Gasteiger partial charge in [-0.2, -0.15) is 8.78 Å². The molecule has 0 amide bonds. The molecule has 1 heterocycles. The number of carboxylic acids is 1. The van der Waals surface area contributed by atoms with E-state index in [9.17, 15) is 18.7 Å². The van der Waals surface area contributed by atoms with E-state index in [-0.39, 0.29) is 23.1 Å². The Labute approximate surface area is 136 Å². The summed E-state index contributed by atoms with van der Waals surface area (Å²) in [6.07, 6.45) is 2.49. The Balaban J connectivity index is 2.30. The molecule has 1 unspecified atom stereocenters. The topological polar surface area (TPSA) is 65.5 Å². The van der Waals surface area contributed by atoms with Gasteiger partial charge in [0.1, 0.15) is 5.92 Å². The largest absolute Gasteiger partial charge is 0.481 e. The SMILES string of the molecule is C=N/C=C(/C)SC(F)(F)C(Cc1c[nH]c2ccccc12)C(=O)O. The van der Waals surface area contributed by atoms with Crippen molar-refractivity contribution in [2.24, 2.45) is 10.9 Å². The Morgan fingerprint density at radius 2 is 2.22 bits per heavy atom. The molecule has 0 aliphatic rings. The van der Waals surface area contributed by atoms with Crippen LogP contribution in [0.1, 0.15) is 12.5 Å². The van der Waals surface area contributed by atoms with Crippen LogP contribution in [0.2, 0.25) is 0 Å². The van der Waals surface area contributed by atoms with Crippen LogP contribution in [0.3, 0.4) is 0 Å². The Morgan fingerprint density at radius 3 is 2.87 bits per heavy atom. The number of aromatic amines is 1. The fourth-order valence-corrected chi connectivity index (χ4v) is 3.19. The second-order valence-electron chi connectivity index (χ2n) is 5.04. The zero-order chi connectivity index (χ0) is 17.0. The van der Waals surface area contributed by atoms with Crippen LogP contribution < -0.4 is 0 Å². The van der Waals surface area contributed by atoms with E-state index in [1.54, 1.807) is 18.3 Å². The van der Waals surface area contributed by atoms with Crippen molar-refractivity contribution in [1.29, 1.82) is 0 Å². The molecule has 2 N–H and O–H groups in total. The molecular weight excluding hydrogens is 322 g/mol. The molecular formula is C16H16F2N2O2S. The summed E-state index contributed by atoms with van der Waals surface area (Å²) in [5.41, 5.74) is 1.34. The summed E-state index contributed by atoms with van der Waals surface area (Å²) < 4.78 is 28.7. The molecule has 122 valence electrons. The molecule has 23 heavy (non-hydrogen) atoms. The number of carbonyl (C=O) groups is 1. The molecule has 0 spiro atoms. The number of alkyl halides is 2. The second kappa shape index (κ2) is 6.95. The summed E-state index contributed by atoms with van der Waals surface area (Å²) in [5, 5.41) is 6.55. The van der Waals surface area contributed by atoms with Gasteiger partial charge in [-0.15, -0.1) is 0 Å². The van der Waals surface area contributed by atoms with Crippen molar-refractivity contribution in [2.75, 3.05) is 0 Å². The van der Waals surface area contributed by atoms with Gasteiger partial charge in [-0.1, -0.05) is 30.0 Å². The molecule has 1 atom stereocenters.